The molecule has 46 heavy (non-hydrogen) atoms. The molecule has 4 rings (SSSR count). The molecule has 8 nitrogen and oxygen atoms in total. The summed E-state index contributed by atoms with van der Waals surface area (Å²) >= 11 is 7.79. The van der Waals surface area contributed by atoms with Crippen molar-refractivity contribution in [2.24, 2.45) is 0 Å². The van der Waals surface area contributed by atoms with Gasteiger partial charge in [-0.15, -0.1) is 11.8 Å². The Hall–Kier alpha value is -3.99. The van der Waals surface area contributed by atoms with E-state index in [4.69, 9.17) is 16.3 Å². The Kier molecular flexibility index (Phi) is 12.5. The van der Waals surface area contributed by atoms with Gasteiger partial charge in [0.25, 0.3) is 10.0 Å². The van der Waals surface area contributed by atoms with Gasteiger partial charge in [0.1, 0.15) is 18.3 Å². The Labute approximate surface area is 280 Å². The van der Waals surface area contributed by atoms with Crippen molar-refractivity contribution in [1.29, 1.82) is 0 Å². The summed E-state index contributed by atoms with van der Waals surface area (Å²) in [7, 11) is -4.21. The number of ether oxygens (including phenoxy) is 1. The van der Waals surface area contributed by atoms with Crippen LogP contribution in [0.15, 0.2) is 113 Å². The Bertz CT molecular complexity index is 1700. The molecule has 2 amide bonds. The van der Waals surface area contributed by atoms with Gasteiger partial charge >= 0.3 is 0 Å². The smallest absolute Gasteiger partial charge is 0.264 e. The van der Waals surface area contributed by atoms with Gasteiger partial charge in [0, 0.05) is 29.4 Å². The molecule has 4 aromatic rings. The molecule has 4 aromatic carbocycles. The van der Waals surface area contributed by atoms with Crippen molar-refractivity contribution in [1.82, 2.24) is 10.2 Å². The van der Waals surface area contributed by atoms with Crippen LogP contribution in [-0.4, -0.2) is 57.1 Å². The molecule has 0 bridgehead atoms. The van der Waals surface area contributed by atoms with Crippen molar-refractivity contribution < 1.29 is 22.7 Å². The van der Waals surface area contributed by atoms with Crippen molar-refractivity contribution in [3.05, 3.63) is 119 Å². The second kappa shape index (κ2) is 16.5. The number of hydrogen-bond acceptors (Lipinski definition) is 6. The standard InChI is InChI=1S/C35H38ClN3O5S2/c1-4-37-35(41)33(23-26-10-7-6-8-11-26)38(24-27-12-9-13-28(36)22-27)34(40)25-39(29-14-16-30(17-15-29)44-5-2)46(42,43)32-20-18-31(45-3)19-21-32/h6-22,33H,4-5,23-25H2,1-3H3,(H,37,41)/t33-/m0/s1. The summed E-state index contributed by atoms with van der Waals surface area (Å²) in [6, 6.07) is 28.6. The number of sulfonamides is 1. The summed E-state index contributed by atoms with van der Waals surface area (Å²) in [6.45, 7) is 3.96. The number of hydrogen-bond donors (Lipinski definition) is 1. The van der Waals surface area contributed by atoms with Crippen LogP contribution < -0.4 is 14.4 Å². The molecule has 242 valence electrons. The third-order valence-electron chi connectivity index (χ3n) is 7.23. The van der Waals surface area contributed by atoms with Crippen LogP contribution in [0, 0.1) is 0 Å². The van der Waals surface area contributed by atoms with E-state index >= 15 is 0 Å². The molecule has 0 aliphatic carbocycles. The van der Waals surface area contributed by atoms with Crippen LogP contribution in [0.25, 0.3) is 0 Å². The first-order valence-corrected chi connectivity index (χ1v) is 18.0. The zero-order valence-corrected chi connectivity index (χ0v) is 28.4. The van der Waals surface area contributed by atoms with Gasteiger partial charge in [0.2, 0.25) is 11.8 Å². The predicted molar refractivity (Wildman–Crippen MR) is 185 cm³/mol. The number of nitrogens with zero attached hydrogens (tertiary/aromatic N) is 2. The average molecular weight is 680 g/mol. The summed E-state index contributed by atoms with van der Waals surface area (Å²) in [5.41, 5.74) is 1.84. The minimum Gasteiger partial charge on any atom is -0.494 e. The molecule has 0 spiro atoms. The molecule has 0 aliphatic rings. The van der Waals surface area contributed by atoms with Crippen molar-refractivity contribution in [3.63, 3.8) is 0 Å². The number of nitrogens with one attached hydrogen (secondary N) is 1. The van der Waals surface area contributed by atoms with Crippen molar-refractivity contribution in [2.45, 2.75) is 42.6 Å². The quantitative estimate of drug-likeness (QED) is 0.146. The number of likely N-dealkylation sites (N-methyl/N-ethyl adjacent to an activating group) is 1. The van der Waals surface area contributed by atoms with E-state index in [9.17, 15) is 18.0 Å². The van der Waals surface area contributed by atoms with E-state index in [2.05, 4.69) is 5.32 Å². The monoisotopic (exact) mass is 679 g/mol. The third kappa shape index (κ3) is 9.05. The van der Waals surface area contributed by atoms with E-state index in [1.165, 1.54) is 28.8 Å². The SMILES string of the molecule is CCNC(=O)[C@H](Cc1ccccc1)N(Cc1cccc(Cl)c1)C(=O)CN(c1ccc(OCC)cc1)S(=O)(=O)c1ccc(SC)cc1. The summed E-state index contributed by atoms with van der Waals surface area (Å²) in [5, 5.41) is 3.34. The molecule has 0 aromatic heterocycles. The molecular formula is C35H38ClN3O5S2. The van der Waals surface area contributed by atoms with E-state index in [-0.39, 0.29) is 29.5 Å². The van der Waals surface area contributed by atoms with Gasteiger partial charge in [-0.05, 0) is 91.9 Å². The number of carbonyl (C=O) groups is 2. The highest BCUT2D eigenvalue weighted by Crippen LogP contribution is 2.28. The van der Waals surface area contributed by atoms with Crippen LogP contribution in [-0.2, 0) is 32.6 Å². The van der Waals surface area contributed by atoms with Crippen LogP contribution in [0.5, 0.6) is 5.75 Å². The lowest BCUT2D eigenvalue weighted by Crippen LogP contribution is -2.53. The van der Waals surface area contributed by atoms with E-state index in [0.29, 0.717) is 29.5 Å². The Morgan fingerprint density at radius 3 is 2.17 bits per heavy atom. The first-order chi connectivity index (χ1) is 22.2. The molecule has 0 radical (unpaired) electrons. The number of rotatable bonds is 15. The van der Waals surface area contributed by atoms with Crippen LogP contribution in [0.4, 0.5) is 5.69 Å². The number of benzene rings is 4. The van der Waals surface area contributed by atoms with Gasteiger partial charge in [-0.3, -0.25) is 13.9 Å². The Balaban J connectivity index is 1.79. The Morgan fingerprint density at radius 1 is 0.891 bits per heavy atom. The lowest BCUT2D eigenvalue weighted by atomic mass is 10.0. The van der Waals surface area contributed by atoms with Gasteiger partial charge in [-0.1, -0.05) is 54.1 Å². The highest BCUT2D eigenvalue weighted by Gasteiger charge is 2.34. The maximum atomic E-state index is 14.5. The molecule has 0 saturated heterocycles. The van der Waals surface area contributed by atoms with Crippen LogP contribution >= 0.6 is 23.4 Å². The zero-order chi connectivity index (χ0) is 33.1. The molecule has 1 N–H and O–H groups in total. The zero-order valence-electron chi connectivity index (χ0n) is 26.1. The predicted octanol–water partition coefficient (Wildman–Crippen LogP) is 6.43. The largest absolute Gasteiger partial charge is 0.494 e. The number of thioether (sulfide) groups is 1. The van der Waals surface area contributed by atoms with Crippen molar-refractivity contribution >= 4 is 50.9 Å². The summed E-state index contributed by atoms with van der Waals surface area (Å²) in [4.78, 5) is 30.5. The van der Waals surface area contributed by atoms with Gasteiger partial charge in [-0.2, -0.15) is 0 Å². The Morgan fingerprint density at radius 2 is 1.57 bits per heavy atom. The molecule has 0 saturated carbocycles. The second-order valence-corrected chi connectivity index (χ2v) is 13.5. The maximum Gasteiger partial charge on any atom is 0.264 e. The van der Waals surface area contributed by atoms with Gasteiger partial charge in [0.15, 0.2) is 0 Å². The lowest BCUT2D eigenvalue weighted by Gasteiger charge is -2.34. The molecule has 11 heteroatoms. The minimum absolute atomic E-state index is 0.0353. The summed E-state index contributed by atoms with van der Waals surface area (Å²) in [6.07, 6.45) is 2.13. The highest BCUT2D eigenvalue weighted by atomic mass is 35.5. The summed E-state index contributed by atoms with van der Waals surface area (Å²) < 4.78 is 35.1. The number of halogens is 1. The molecule has 0 aliphatic heterocycles. The maximum absolute atomic E-state index is 14.5. The van der Waals surface area contributed by atoms with Crippen LogP contribution in [0.2, 0.25) is 5.02 Å². The minimum atomic E-state index is -4.21. The first kappa shape index (κ1) is 34.9. The molecule has 0 unspecified atom stereocenters. The fourth-order valence-electron chi connectivity index (χ4n) is 4.96. The van der Waals surface area contributed by atoms with Gasteiger partial charge in [0.05, 0.1) is 17.2 Å². The van der Waals surface area contributed by atoms with E-state index in [1.807, 2.05) is 56.5 Å². The van der Waals surface area contributed by atoms with Crippen LogP contribution in [0.3, 0.4) is 0 Å². The van der Waals surface area contributed by atoms with Gasteiger partial charge < -0.3 is 15.0 Å². The highest BCUT2D eigenvalue weighted by molar-refractivity contribution is 7.98. The number of amides is 2. The fraction of sp³-hybridized carbons (Fsp3) is 0.257. The molecule has 1 atom stereocenters. The fourth-order valence-corrected chi connectivity index (χ4v) is 6.99. The first-order valence-electron chi connectivity index (χ1n) is 14.9. The van der Waals surface area contributed by atoms with Crippen molar-refractivity contribution in [3.8, 4) is 5.75 Å². The average Bonchev–Trinajstić information content (AvgIpc) is 3.06. The van der Waals surface area contributed by atoms with Crippen molar-refractivity contribution in [2.75, 3.05) is 30.3 Å². The summed E-state index contributed by atoms with van der Waals surface area (Å²) in [5.74, 6) is -0.323. The second-order valence-electron chi connectivity index (χ2n) is 10.4. The molecule has 0 fully saturated rings. The lowest BCUT2D eigenvalue weighted by molar-refractivity contribution is -0.140. The molecule has 0 heterocycles. The number of anilines is 1. The van der Waals surface area contributed by atoms with Gasteiger partial charge in [-0.25, -0.2) is 8.42 Å². The molecular weight excluding hydrogens is 642 g/mol. The van der Waals surface area contributed by atoms with E-state index in [0.717, 1.165) is 14.8 Å². The van der Waals surface area contributed by atoms with E-state index < -0.39 is 28.5 Å². The van der Waals surface area contributed by atoms with E-state index in [1.54, 1.807) is 54.6 Å². The topological polar surface area (TPSA) is 96.0 Å². The third-order valence-corrected chi connectivity index (χ3v) is 9.99. The van der Waals surface area contributed by atoms with Crippen LogP contribution in [0.1, 0.15) is 25.0 Å². The normalized spacial score (nSPS) is 11.8. The number of carbonyl (C=O) groups excluding carboxylic acids is 2.